The van der Waals surface area contributed by atoms with Crippen molar-refractivity contribution in [3.63, 3.8) is 0 Å². The number of hydrogen-bond donors (Lipinski definition) is 1. The van der Waals surface area contributed by atoms with Crippen molar-refractivity contribution in [1.29, 1.82) is 0 Å². The molecule has 0 saturated heterocycles. The topological polar surface area (TPSA) is 42.0 Å². The molecule has 0 aliphatic carbocycles. The number of carbonyl (C=O) groups is 1. The number of thioether (sulfide) groups is 1. The van der Waals surface area contributed by atoms with E-state index in [1.807, 2.05) is 24.3 Å². The zero-order valence-corrected chi connectivity index (χ0v) is 16.3. The quantitative estimate of drug-likeness (QED) is 0.596. The SMILES string of the molecule is CCc1ccc2nc(SCC(=O)Nc3ccccc3CC)c(C)cc2c1. The molecule has 26 heavy (non-hydrogen) atoms. The molecule has 3 rings (SSSR count). The van der Waals surface area contributed by atoms with E-state index in [9.17, 15) is 4.79 Å². The van der Waals surface area contributed by atoms with E-state index in [0.29, 0.717) is 5.75 Å². The number of pyridine rings is 1. The first-order chi connectivity index (χ1) is 12.6. The number of carbonyl (C=O) groups excluding carboxylic acids is 1. The van der Waals surface area contributed by atoms with Gasteiger partial charge >= 0.3 is 0 Å². The van der Waals surface area contributed by atoms with Gasteiger partial charge in [0.2, 0.25) is 5.91 Å². The fourth-order valence-electron chi connectivity index (χ4n) is 2.95. The van der Waals surface area contributed by atoms with E-state index in [0.717, 1.165) is 45.6 Å². The minimum atomic E-state index is -0.00136. The first-order valence-electron chi connectivity index (χ1n) is 9.01. The van der Waals surface area contributed by atoms with Crippen molar-refractivity contribution >= 4 is 34.3 Å². The summed E-state index contributed by atoms with van der Waals surface area (Å²) in [5.41, 5.74) is 5.45. The summed E-state index contributed by atoms with van der Waals surface area (Å²) in [4.78, 5) is 17.1. The van der Waals surface area contributed by atoms with E-state index >= 15 is 0 Å². The molecule has 134 valence electrons. The van der Waals surface area contributed by atoms with Gasteiger partial charge in [0, 0.05) is 11.1 Å². The minimum absolute atomic E-state index is 0.00136. The lowest BCUT2D eigenvalue weighted by atomic mass is 10.1. The van der Waals surface area contributed by atoms with Crippen LogP contribution in [0, 0.1) is 6.92 Å². The van der Waals surface area contributed by atoms with Crippen molar-refractivity contribution in [3.8, 4) is 0 Å². The molecule has 3 nitrogen and oxygen atoms in total. The van der Waals surface area contributed by atoms with Crippen LogP contribution in [-0.2, 0) is 17.6 Å². The maximum absolute atomic E-state index is 12.4. The summed E-state index contributed by atoms with van der Waals surface area (Å²) in [7, 11) is 0. The molecule has 0 spiro atoms. The van der Waals surface area contributed by atoms with E-state index in [-0.39, 0.29) is 5.91 Å². The van der Waals surface area contributed by atoms with Gasteiger partial charge in [-0.1, -0.05) is 49.9 Å². The van der Waals surface area contributed by atoms with Gasteiger partial charge in [0.05, 0.1) is 11.3 Å². The molecule has 1 aromatic heterocycles. The summed E-state index contributed by atoms with van der Waals surface area (Å²) in [5, 5.41) is 5.09. The zero-order valence-electron chi connectivity index (χ0n) is 15.5. The van der Waals surface area contributed by atoms with E-state index in [1.54, 1.807) is 0 Å². The molecule has 0 saturated carbocycles. The van der Waals surface area contributed by atoms with Crippen molar-refractivity contribution < 1.29 is 4.79 Å². The number of nitrogens with one attached hydrogen (secondary N) is 1. The molecule has 0 radical (unpaired) electrons. The lowest BCUT2D eigenvalue weighted by Crippen LogP contribution is -2.15. The van der Waals surface area contributed by atoms with Gasteiger partial charge in [0.15, 0.2) is 0 Å². The number of benzene rings is 2. The van der Waals surface area contributed by atoms with Gasteiger partial charge in [-0.15, -0.1) is 0 Å². The Morgan fingerprint density at radius 2 is 1.88 bits per heavy atom. The molecule has 0 bridgehead atoms. The molecule has 1 heterocycles. The molecular formula is C22H24N2OS. The molecule has 1 N–H and O–H groups in total. The Hall–Kier alpha value is -2.33. The Morgan fingerprint density at radius 1 is 1.08 bits per heavy atom. The highest BCUT2D eigenvalue weighted by atomic mass is 32.2. The molecule has 0 atom stereocenters. The van der Waals surface area contributed by atoms with Gasteiger partial charge in [0.1, 0.15) is 5.03 Å². The number of anilines is 1. The number of aryl methyl sites for hydroxylation is 3. The number of hydrogen-bond acceptors (Lipinski definition) is 3. The van der Waals surface area contributed by atoms with Crippen molar-refractivity contribution in [3.05, 3.63) is 65.2 Å². The van der Waals surface area contributed by atoms with E-state index in [2.05, 4.69) is 50.4 Å². The third kappa shape index (κ3) is 4.25. The zero-order chi connectivity index (χ0) is 18.5. The molecule has 0 fully saturated rings. The van der Waals surface area contributed by atoms with Crippen molar-refractivity contribution in [1.82, 2.24) is 4.98 Å². The molecular weight excluding hydrogens is 340 g/mol. The molecule has 1 amide bonds. The normalized spacial score (nSPS) is 10.9. The van der Waals surface area contributed by atoms with Crippen molar-refractivity contribution in [2.24, 2.45) is 0 Å². The maximum atomic E-state index is 12.4. The summed E-state index contributed by atoms with van der Waals surface area (Å²) in [5.74, 6) is 0.350. The number of para-hydroxylation sites is 1. The van der Waals surface area contributed by atoms with Crippen molar-refractivity contribution in [2.75, 3.05) is 11.1 Å². The smallest absolute Gasteiger partial charge is 0.234 e. The van der Waals surface area contributed by atoms with Crippen LogP contribution in [0.2, 0.25) is 0 Å². The Bertz CT molecular complexity index is 937. The van der Waals surface area contributed by atoms with Crippen LogP contribution in [0.4, 0.5) is 5.69 Å². The number of rotatable bonds is 6. The van der Waals surface area contributed by atoms with Gasteiger partial charge in [-0.05, 0) is 60.7 Å². The Morgan fingerprint density at radius 3 is 2.65 bits per heavy atom. The van der Waals surface area contributed by atoms with Crippen molar-refractivity contribution in [2.45, 2.75) is 38.6 Å². The Balaban J connectivity index is 1.70. The van der Waals surface area contributed by atoms with Crippen LogP contribution >= 0.6 is 11.8 Å². The lowest BCUT2D eigenvalue weighted by Gasteiger charge is -2.10. The second kappa shape index (κ2) is 8.37. The van der Waals surface area contributed by atoms with Crippen LogP contribution in [0.15, 0.2) is 53.6 Å². The number of aromatic nitrogens is 1. The highest BCUT2D eigenvalue weighted by Gasteiger charge is 2.10. The summed E-state index contributed by atoms with van der Waals surface area (Å²) in [6.07, 6.45) is 1.92. The highest BCUT2D eigenvalue weighted by molar-refractivity contribution is 8.00. The first kappa shape index (κ1) is 18.5. The Kier molecular flexibility index (Phi) is 5.94. The molecule has 0 aliphatic rings. The fourth-order valence-corrected chi connectivity index (χ4v) is 3.74. The van der Waals surface area contributed by atoms with Gasteiger partial charge in [-0.25, -0.2) is 4.98 Å². The van der Waals surface area contributed by atoms with Crippen LogP contribution in [0.25, 0.3) is 10.9 Å². The van der Waals surface area contributed by atoms with E-state index < -0.39 is 0 Å². The standard InChI is InChI=1S/C22H24N2OS/c1-4-16-10-11-20-18(13-16)12-15(3)22(24-20)26-14-21(25)23-19-9-7-6-8-17(19)5-2/h6-13H,4-5,14H2,1-3H3,(H,23,25). The Labute approximate surface area is 159 Å². The van der Waals surface area contributed by atoms with Gasteiger partial charge < -0.3 is 5.32 Å². The van der Waals surface area contributed by atoms with Gasteiger partial charge in [0.25, 0.3) is 0 Å². The molecule has 0 unspecified atom stereocenters. The van der Waals surface area contributed by atoms with Crippen LogP contribution < -0.4 is 5.32 Å². The maximum Gasteiger partial charge on any atom is 0.234 e. The summed E-state index contributed by atoms with van der Waals surface area (Å²) in [6, 6.07) is 16.5. The summed E-state index contributed by atoms with van der Waals surface area (Å²) < 4.78 is 0. The van der Waals surface area contributed by atoms with Gasteiger partial charge in [-0.2, -0.15) is 0 Å². The average Bonchev–Trinajstić information content (AvgIpc) is 2.66. The number of amides is 1. The molecule has 0 aliphatic heterocycles. The molecule has 4 heteroatoms. The first-order valence-corrected chi connectivity index (χ1v) is 10.00. The second-order valence-corrected chi connectivity index (χ2v) is 7.30. The summed E-state index contributed by atoms with van der Waals surface area (Å²) >= 11 is 1.49. The largest absolute Gasteiger partial charge is 0.325 e. The number of nitrogens with zero attached hydrogens (tertiary/aromatic N) is 1. The van der Waals surface area contributed by atoms with Crippen LogP contribution in [-0.4, -0.2) is 16.6 Å². The average molecular weight is 365 g/mol. The minimum Gasteiger partial charge on any atom is -0.325 e. The monoisotopic (exact) mass is 364 g/mol. The third-order valence-electron chi connectivity index (χ3n) is 4.44. The number of fused-ring (bicyclic) bond motifs is 1. The molecule has 3 aromatic rings. The van der Waals surface area contributed by atoms with Crippen LogP contribution in [0.1, 0.15) is 30.5 Å². The van der Waals surface area contributed by atoms with Crippen LogP contribution in [0.3, 0.4) is 0 Å². The van der Waals surface area contributed by atoms with Crippen LogP contribution in [0.5, 0.6) is 0 Å². The molecule has 2 aromatic carbocycles. The third-order valence-corrected chi connectivity index (χ3v) is 5.54. The highest BCUT2D eigenvalue weighted by Crippen LogP contribution is 2.25. The lowest BCUT2D eigenvalue weighted by molar-refractivity contribution is -0.113. The second-order valence-electron chi connectivity index (χ2n) is 6.34. The van der Waals surface area contributed by atoms with E-state index in [1.165, 1.54) is 17.3 Å². The fraction of sp³-hybridized carbons (Fsp3) is 0.273. The predicted molar refractivity (Wildman–Crippen MR) is 111 cm³/mol. The predicted octanol–water partition coefficient (Wildman–Crippen LogP) is 5.40. The van der Waals surface area contributed by atoms with Gasteiger partial charge in [-0.3, -0.25) is 4.79 Å². The van der Waals surface area contributed by atoms with E-state index in [4.69, 9.17) is 4.98 Å². The summed E-state index contributed by atoms with van der Waals surface area (Å²) in [6.45, 7) is 6.30.